The molecular weight excluding hydrogens is 186 g/mol. The molecule has 1 saturated carbocycles. The van der Waals surface area contributed by atoms with Crippen LogP contribution in [0.25, 0.3) is 0 Å². The number of carbonyl (C=O) groups excluding carboxylic acids is 1. The van der Waals surface area contributed by atoms with Crippen LogP contribution >= 0.6 is 0 Å². The fraction of sp³-hybridized carbons (Fsp3) is 0.462. The first-order valence-electron chi connectivity index (χ1n) is 5.59. The van der Waals surface area contributed by atoms with E-state index in [1.54, 1.807) is 0 Å². The average Bonchev–Trinajstić information content (AvgIpc) is 2.69. The van der Waals surface area contributed by atoms with Crippen molar-refractivity contribution in [3.8, 4) is 0 Å². The molecule has 0 atom stereocenters. The summed E-state index contributed by atoms with van der Waals surface area (Å²) in [4.78, 5) is 12.1. The van der Waals surface area contributed by atoms with E-state index in [1.807, 2.05) is 25.1 Å². The summed E-state index contributed by atoms with van der Waals surface area (Å²) in [7, 11) is 0. The summed E-state index contributed by atoms with van der Waals surface area (Å²) in [6, 6.07) is 5.56. The molecule has 0 radical (unpaired) electrons. The maximum Gasteiger partial charge on any atom is 0.166 e. The van der Waals surface area contributed by atoms with Gasteiger partial charge in [0.2, 0.25) is 0 Å². The minimum atomic E-state index is 0.257. The van der Waals surface area contributed by atoms with Gasteiger partial charge in [-0.05, 0) is 43.5 Å². The Kier molecular flexibility index (Phi) is 2.76. The number of rotatable bonds is 2. The van der Waals surface area contributed by atoms with Gasteiger partial charge in [-0.2, -0.15) is 0 Å². The Labute approximate surface area is 90.5 Å². The zero-order valence-electron chi connectivity index (χ0n) is 9.12. The lowest BCUT2D eigenvalue weighted by atomic mass is 9.93. The Morgan fingerprint density at radius 2 is 2.00 bits per heavy atom. The summed E-state index contributed by atoms with van der Waals surface area (Å²) in [5.41, 5.74) is 8.27. The van der Waals surface area contributed by atoms with Crippen LogP contribution in [-0.2, 0) is 0 Å². The Hall–Kier alpha value is -1.31. The number of ketones is 1. The van der Waals surface area contributed by atoms with Crippen LogP contribution in [0.3, 0.4) is 0 Å². The molecule has 2 rings (SSSR count). The Morgan fingerprint density at radius 1 is 1.33 bits per heavy atom. The minimum Gasteiger partial charge on any atom is -0.399 e. The van der Waals surface area contributed by atoms with Gasteiger partial charge in [-0.1, -0.05) is 12.8 Å². The molecule has 15 heavy (non-hydrogen) atoms. The van der Waals surface area contributed by atoms with Crippen molar-refractivity contribution >= 4 is 11.5 Å². The molecule has 0 heterocycles. The maximum absolute atomic E-state index is 12.1. The van der Waals surface area contributed by atoms with Crippen molar-refractivity contribution in [3.63, 3.8) is 0 Å². The van der Waals surface area contributed by atoms with E-state index in [9.17, 15) is 4.79 Å². The molecule has 2 nitrogen and oxygen atoms in total. The number of hydrogen-bond donors (Lipinski definition) is 1. The third-order valence-electron chi connectivity index (χ3n) is 3.24. The van der Waals surface area contributed by atoms with Crippen molar-refractivity contribution in [2.45, 2.75) is 32.6 Å². The normalized spacial score (nSPS) is 16.9. The summed E-state index contributed by atoms with van der Waals surface area (Å²) >= 11 is 0. The number of Topliss-reactive ketones (excluding diaryl/α,β-unsaturated/α-hetero) is 1. The Morgan fingerprint density at radius 3 is 2.60 bits per heavy atom. The molecule has 0 saturated heterocycles. The van der Waals surface area contributed by atoms with Gasteiger partial charge in [-0.25, -0.2) is 0 Å². The van der Waals surface area contributed by atoms with Gasteiger partial charge in [0.15, 0.2) is 5.78 Å². The lowest BCUT2D eigenvalue weighted by Gasteiger charge is -2.10. The van der Waals surface area contributed by atoms with Gasteiger partial charge in [0, 0.05) is 17.2 Å². The van der Waals surface area contributed by atoms with Crippen molar-refractivity contribution < 1.29 is 4.79 Å². The molecule has 1 fully saturated rings. The standard InChI is InChI=1S/C13H17NO/c1-9-8-11(14)6-7-12(9)13(15)10-4-2-3-5-10/h6-8,10H,2-5,14H2,1H3. The van der Waals surface area contributed by atoms with E-state index in [0.29, 0.717) is 5.78 Å². The number of carbonyl (C=O) groups is 1. The second-order valence-corrected chi connectivity index (χ2v) is 4.42. The SMILES string of the molecule is Cc1cc(N)ccc1C(=O)C1CCCC1. The molecule has 0 amide bonds. The monoisotopic (exact) mass is 203 g/mol. The number of nitrogens with two attached hydrogens (primary N) is 1. The van der Waals surface area contributed by atoms with Crippen LogP contribution in [0.1, 0.15) is 41.6 Å². The van der Waals surface area contributed by atoms with Crippen molar-refractivity contribution in [1.82, 2.24) is 0 Å². The molecule has 0 aromatic heterocycles. The molecular formula is C13H17NO. The highest BCUT2D eigenvalue weighted by Gasteiger charge is 2.24. The first-order chi connectivity index (χ1) is 7.18. The topological polar surface area (TPSA) is 43.1 Å². The average molecular weight is 203 g/mol. The molecule has 0 spiro atoms. The van der Waals surface area contributed by atoms with Crippen molar-refractivity contribution in [2.24, 2.45) is 5.92 Å². The van der Waals surface area contributed by atoms with E-state index < -0.39 is 0 Å². The molecule has 1 aromatic rings. The van der Waals surface area contributed by atoms with Crippen molar-refractivity contribution in [1.29, 1.82) is 0 Å². The summed E-state index contributed by atoms with van der Waals surface area (Å²) in [5.74, 6) is 0.567. The molecule has 1 aliphatic carbocycles. The van der Waals surface area contributed by atoms with E-state index >= 15 is 0 Å². The van der Waals surface area contributed by atoms with Crippen LogP contribution < -0.4 is 5.73 Å². The Bertz CT molecular complexity index is 378. The van der Waals surface area contributed by atoms with Crippen LogP contribution in [0.2, 0.25) is 0 Å². The highest BCUT2D eigenvalue weighted by molar-refractivity contribution is 5.99. The fourth-order valence-corrected chi connectivity index (χ4v) is 2.37. The van der Waals surface area contributed by atoms with Gasteiger partial charge in [0.1, 0.15) is 0 Å². The zero-order chi connectivity index (χ0) is 10.8. The molecule has 0 unspecified atom stereocenters. The minimum absolute atomic E-state index is 0.257. The second kappa shape index (κ2) is 4.05. The smallest absolute Gasteiger partial charge is 0.166 e. The third-order valence-corrected chi connectivity index (χ3v) is 3.24. The largest absolute Gasteiger partial charge is 0.399 e. The quantitative estimate of drug-likeness (QED) is 0.593. The Balaban J connectivity index is 2.24. The second-order valence-electron chi connectivity index (χ2n) is 4.42. The third kappa shape index (κ3) is 2.04. The lowest BCUT2D eigenvalue weighted by molar-refractivity contribution is 0.0922. The van der Waals surface area contributed by atoms with Gasteiger partial charge < -0.3 is 5.73 Å². The predicted octanol–water partition coefficient (Wildman–Crippen LogP) is 2.95. The highest BCUT2D eigenvalue weighted by Crippen LogP contribution is 2.29. The van der Waals surface area contributed by atoms with Crippen molar-refractivity contribution in [2.75, 3.05) is 5.73 Å². The molecule has 0 bridgehead atoms. The zero-order valence-corrected chi connectivity index (χ0v) is 9.12. The number of benzene rings is 1. The van der Waals surface area contributed by atoms with E-state index in [4.69, 9.17) is 5.73 Å². The van der Waals surface area contributed by atoms with E-state index in [1.165, 1.54) is 12.8 Å². The molecule has 2 N–H and O–H groups in total. The van der Waals surface area contributed by atoms with Gasteiger partial charge >= 0.3 is 0 Å². The first kappa shape index (κ1) is 10.2. The van der Waals surface area contributed by atoms with Gasteiger partial charge in [-0.15, -0.1) is 0 Å². The maximum atomic E-state index is 12.1. The first-order valence-corrected chi connectivity index (χ1v) is 5.59. The summed E-state index contributed by atoms with van der Waals surface area (Å²) in [6.45, 7) is 1.96. The fourth-order valence-electron chi connectivity index (χ4n) is 2.37. The van der Waals surface area contributed by atoms with E-state index in [2.05, 4.69) is 0 Å². The summed E-state index contributed by atoms with van der Waals surface area (Å²) < 4.78 is 0. The number of anilines is 1. The predicted molar refractivity (Wildman–Crippen MR) is 61.9 cm³/mol. The summed E-state index contributed by atoms with van der Waals surface area (Å²) in [5, 5.41) is 0. The van der Waals surface area contributed by atoms with Gasteiger partial charge in [0.25, 0.3) is 0 Å². The van der Waals surface area contributed by atoms with Crippen LogP contribution in [0.4, 0.5) is 5.69 Å². The molecule has 1 aliphatic rings. The van der Waals surface area contributed by atoms with Gasteiger partial charge in [0.05, 0.1) is 0 Å². The molecule has 80 valence electrons. The van der Waals surface area contributed by atoms with Crippen LogP contribution in [0.5, 0.6) is 0 Å². The van der Waals surface area contributed by atoms with Crippen LogP contribution in [0.15, 0.2) is 18.2 Å². The number of nitrogen functional groups attached to an aromatic ring is 1. The molecule has 0 aliphatic heterocycles. The summed E-state index contributed by atoms with van der Waals surface area (Å²) in [6.07, 6.45) is 4.51. The van der Waals surface area contributed by atoms with Crippen LogP contribution in [-0.4, -0.2) is 5.78 Å². The number of aryl methyl sites for hydroxylation is 1. The van der Waals surface area contributed by atoms with E-state index in [-0.39, 0.29) is 5.92 Å². The van der Waals surface area contributed by atoms with E-state index in [0.717, 1.165) is 29.7 Å². The van der Waals surface area contributed by atoms with Gasteiger partial charge in [-0.3, -0.25) is 4.79 Å². The number of hydrogen-bond acceptors (Lipinski definition) is 2. The van der Waals surface area contributed by atoms with Crippen LogP contribution in [0, 0.1) is 12.8 Å². The molecule has 2 heteroatoms. The lowest BCUT2D eigenvalue weighted by Crippen LogP contribution is -2.12. The highest BCUT2D eigenvalue weighted by atomic mass is 16.1. The molecule has 1 aromatic carbocycles. The van der Waals surface area contributed by atoms with Crippen molar-refractivity contribution in [3.05, 3.63) is 29.3 Å².